The van der Waals surface area contributed by atoms with Crippen molar-refractivity contribution in [3.05, 3.63) is 36.4 Å². The van der Waals surface area contributed by atoms with E-state index in [9.17, 15) is 0 Å². The van der Waals surface area contributed by atoms with Gasteiger partial charge in [-0.15, -0.1) is 0 Å². The van der Waals surface area contributed by atoms with E-state index < -0.39 is 5.69 Å². The predicted octanol–water partition coefficient (Wildman–Crippen LogP) is 6.69. The topological polar surface area (TPSA) is 18.5 Å². The second kappa shape index (κ2) is 11.2. The van der Waals surface area contributed by atoms with Crippen molar-refractivity contribution in [1.29, 1.82) is 0 Å². The van der Waals surface area contributed by atoms with Gasteiger partial charge in [-0.2, -0.15) is 0 Å². The van der Waals surface area contributed by atoms with E-state index >= 15 is 0 Å². The van der Waals surface area contributed by atoms with Crippen LogP contribution < -0.4 is 0 Å². The number of rotatable bonds is 6. The summed E-state index contributed by atoms with van der Waals surface area (Å²) in [6.07, 6.45) is 2.12. The van der Waals surface area contributed by atoms with Crippen LogP contribution in [0.25, 0.3) is 10.4 Å². The Hall–Kier alpha value is 0.540. The van der Waals surface area contributed by atoms with Gasteiger partial charge in [0.1, 0.15) is 0 Å². The fraction of sp³-hybridized carbons (Fsp3) is 0.357. The third-order valence-corrected chi connectivity index (χ3v) is 8.61. The summed E-state index contributed by atoms with van der Waals surface area (Å²) >= 11 is 10.7. The van der Waals surface area contributed by atoms with E-state index in [2.05, 4.69) is 54.9 Å². The molecule has 0 saturated heterocycles. The van der Waals surface area contributed by atoms with Gasteiger partial charge in [0.15, 0.2) is 10.3 Å². The summed E-state index contributed by atoms with van der Waals surface area (Å²) in [7, 11) is 3.70. The van der Waals surface area contributed by atoms with Crippen molar-refractivity contribution in [1.82, 2.24) is 0 Å². The van der Waals surface area contributed by atoms with Crippen LogP contribution in [0.5, 0.6) is 0 Å². The molecule has 0 atom stereocenters. The van der Waals surface area contributed by atoms with Gasteiger partial charge in [0.05, 0.1) is 18.1 Å². The van der Waals surface area contributed by atoms with Gasteiger partial charge in [-0.25, -0.2) is 0 Å². The maximum atomic E-state index is 5.04. The first-order chi connectivity index (χ1) is 10.5. The Bertz CT molecular complexity index is 578. The van der Waals surface area contributed by atoms with Crippen molar-refractivity contribution in [2.75, 3.05) is 19.5 Å². The van der Waals surface area contributed by atoms with Crippen LogP contribution in [-0.4, -0.2) is 19.5 Å². The number of hydrogen-bond acceptors (Lipinski definition) is 5. The zero-order chi connectivity index (χ0) is 16.4. The molecule has 0 radical (unpaired) electrons. The van der Waals surface area contributed by atoms with E-state index in [1.807, 2.05) is 46.3 Å². The quantitative estimate of drug-likeness (QED) is 0.187. The Balaban J connectivity index is 0.000000239. The number of thiol groups is 1. The van der Waals surface area contributed by atoms with Crippen molar-refractivity contribution < 1.29 is 9.05 Å². The Morgan fingerprint density at radius 3 is 2.27 bits per heavy atom. The molecule has 2 nitrogen and oxygen atoms in total. The number of hydrogen-bond donors (Lipinski definition) is 1. The van der Waals surface area contributed by atoms with Gasteiger partial charge in [0, 0.05) is 6.07 Å². The van der Waals surface area contributed by atoms with E-state index in [4.69, 9.17) is 20.9 Å². The van der Waals surface area contributed by atoms with Gasteiger partial charge in [0.2, 0.25) is 5.69 Å². The highest BCUT2D eigenvalue weighted by Gasteiger charge is 2.13. The highest BCUT2D eigenvalue weighted by atomic mass is 32.9. The minimum absolute atomic E-state index is 0.570. The average molecular weight is 412 g/mol. The number of benzene rings is 1. The summed E-state index contributed by atoms with van der Waals surface area (Å²) < 4.78 is 11.5. The van der Waals surface area contributed by atoms with Crippen LogP contribution >= 0.6 is 50.4 Å². The molecule has 8 heteroatoms. The van der Waals surface area contributed by atoms with Crippen LogP contribution in [0.15, 0.2) is 40.6 Å². The van der Waals surface area contributed by atoms with E-state index in [0.717, 1.165) is 0 Å². The fourth-order valence-corrected chi connectivity index (χ4v) is 6.89. The van der Waals surface area contributed by atoms with E-state index in [-0.39, 0.29) is 0 Å². The maximum absolute atomic E-state index is 5.04. The minimum Gasteiger partial charge on any atom is -0.322 e. The normalized spacial score (nSPS) is 10.9. The monoisotopic (exact) mass is 411 g/mol. The summed E-state index contributed by atoms with van der Waals surface area (Å²) in [4.78, 5) is 1.37. The largest absolute Gasteiger partial charge is 0.322 e. The highest BCUT2D eigenvalue weighted by molar-refractivity contribution is 8.60. The van der Waals surface area contributed by atoms with Crippen LogP contribution in [0.4, 0.5) is 0 Å². The predicted molar refractivity (Wildman–Crippen MR) is 110 cm³/mol. The fourth-order valence-electron chi connectivity index (χ4n) is 1.43. The second-order valence-electron chi connectivity index (χ2n) is 3.87. The Labute approximate surface area is 155 Å². The zero-order valence-electron chi connectivity index (χ0n) is 12.7. The molecule has 1 aromatic carbocycles. The first kappa shape index (κ1) is 20.6. The Morgan fingerprint density at radius 2 is 1.82 bits per heavy atom. The van der Waals surface area contributed by atoms with Crippen molar-refractivity contribution in [2.24, 2.45) is 0 Å². The molecular formula is C14H20O2PS5+. The molecule has 22 heavy (non-hydrogen) atoms. The lowest BCUT2D eigenvalue weighted by Crippen LogP contribution is -1.88. The lowest BCUT2D eigenvalue weighted by Gasteiger charge is -2.13. The van der Waals surface area contributed by atoms with Crippen LogP contribution in [0.1, 0.15) is 13.8 Å². The molecule has 0 aliphatic heterocycles. The molecule has 0 spiro atoms. The molecule has 0 unspecified atom stereocenters. The number of thioether (sulfide) groups is 1. The first-order valence-corrected chi connectivity index (χ1v) is 13.8. The molecule has 2 rings (SSSR count). The van der Waals surface area contributed by atoms with Crippen molar-refractivity contribution >= 4 is 62.2 Å². The molecule has 0 aliphatic carbocycles. The third-order valence-electron chi connectivity index (χ3n) is 2.31. The van der Waals surface area contributed by atoms with Crippen LogP contribution in [0.3, 0.4) is 0 Å². The molecule has 0 bridgehead atoms. The molecular weight excluding hydrogens is 391 g/mol. The Kier molecular flexibility index (Phi) is 10.4. The smallest absolute Gasteiger partial charge is 0.308 e. The molecule has 0 saturated carbocycles. The zero-order valence-corrected chi connectivity index (χ0v) is 17.8. The summed E-state index contributed by atoms with van der Waals surface area (Å²) in [5.41, 5.74) is -0.842. The van der Waals surface area contributed by atoms with Gasteiger partial charge in [-0.3, -0.25) is 0 Å². The second-order valence-corrected chi connectivity index (χ2v) is 12.5. The van der Waals surface area contributed by atoms with Gasteiger partial charge in [0.25, 0.3) is 4.21 Å². The molecule has 0 amide bonds. The highest BCUT2D eigenvalue weighted by Crippen LogP contribution is 2.52. The molecule has 0 aliphatic rings. The summed E-state index contributed by atoms with van der Waals surface area (Å²) in [6, 6.07) is 12.8. The van der Waals surface area contributed by atoms with Crippen LogP contribution in [0.2, 0.25) is 0 Å². The SMILES string of the molecule is CCOP(=S)(S)OCC.CSc1cc(-c2ccccc2)s[s+]1. The first-order valence-electron chi connectivity index (χ1n) is 6.66. The third kappa shape index (κ3) is 7.88. The van der Waals surface area contributed by atoms with E-state index in [1.54, 1.807) is 0 Å². The summed E-state index contributed by atoms with van der Waals surface area (Å²) in [5, 5.41) is 0. The van der Waals surface area contributed by atoms with Gasteiger partial charge >= 0.3 is 10.3 Å². The Morgan fingerprint density at radius 1 is 1.23 bits per heavy atom. The van der Waals surface area contributed by atoms with Crippen molar-refractivity contribution in [3.63, 3.8) is 0 Å². The summed E-state index contributed by atoms with van der Waals surface area (Å²) in [5.74, 6) is 0. The van der Waals surface area contributed by atoms with Crippen LogP contribution in [-0.2, 0) is 20.9 Å². The lowest BCUT2D eigenvalue weighted by atomic mass is 10.2. The van der Waals surface area contributed by atoms with Crippen molar-refractivity contribution in [3.8, 4) is 10.4 Å². The average Bonchev–Trinajstić information content (AvgIpc) is 2.97. The van der Waals surface area contributed by atoms with Crippen molar-refractivity contribution in [2.45, 2.75) is 18.1 Å². The van der Waals surface area contributed by atoms with Gasteiger partial charge < -0.3 is 9.05 Å². The minimum atomic E-state index is -2.16. The lowest BCUT2D eigenvalue weighted by molar-refractivity contribution is 0.281. The molecule has 0 N–H and O–H groups in total. The molecule has 1 heterocycles. The maximum Gasteiger partial charge on any atom is 0.308 e. The standard InChI is InChI=1S/C10H9S3.C4H11O2PS2/c1-11-10-7-9(12-13-10)8-5-3-2-4-6-8;1-3-5-7(8,9)6-4-2/h2-7H,1H3;3-4H2,1-2H3,(H,8,9)/q+1;. The molecule has 2 aromatic rings. The van der Waals surface area contributed by atoms with Crippen LogP contribution in [0, 0.1) is 0 Å². The van der Waals surface area contributed by atoms with Gasteiger partial charge in [-0.05, 0) is 37.5 Å². The van der Waals surface area contributed by atoms with E-state index in [1.165, 1.54) is 14.6 Å². The molecule has 0 fully saturated rings. The molecule has 1 aromatic heterocycles. The molecule has 122 valence electrons. The van der Waals surface area contributed by atoms with E-state index in [0.29, 0.717) is 13.2 Å². The summed E-state index contributed by atoms with van der Waals surface area (Å²) in [6.45, 7) is 4.88. The van der Waals surface area contributed by atoms with Gasteiger partial charge in [-0.1, -0.05) is 54.3 Å².